The van der Waals surface area contributed by atoms with E-state index in [1.54, 1.807) is 0 Å². The summed E-state index contributed by atoms with van der Waals surface area (Å²) in [7, 11) is 3.96. The molecular formula is C9H19ClS2. The van der Waals surface area contributed by atoms with Gasteiger partial charge in [0.1, 0.15) is 0 Å². The number of rotatable bonds is 6. The summed E-state index contributed by atoms with van der Waals surface area (Å²) in [5, 5.41) is 1.43. The molecule has 0 nitrogen and oxygen atoms in total. The van der Waals surface area contributed by atoms with Crippen LogP contribution in [0.1, 0.15) is 34.1 Å². The minimum absolute atomic E-state index is 0.714. The van der Waals surface area contributed by atoms with E-state index in [-0.39, 0.29) is 0 Å². The maximum absolute atomic E-state index is 5.73. The first kappa shape index (κ1) is 13.0. The molecule has 0 fully saturated rings. The van der Waals surface area contributed by atoms with Gasteiger partial charge in [0, 0.05) is 16.4 Å². The Hall–Kier alpha value is 0.990. The zero-order chi connectivity index (χ0) is 9.56. The summed E-state index contributed by atoms with van der Waals surface area (Å²) in [6.45, 7) is 9.00. The number of hydrogen-bond acceptors (Lipinski definition) is 2. The van der Waals surface area contributed by atoms with Crippen LogP contribution in [0.2, 0.25) is 0 Å². The van der Waals surface area contributed by atoms with Gasteiger partial charge in [0.15, 0.2) is 0 Å². The van der Waals surface area contributed by atoms with E-state index in [1.165, 1.54) is 0 Å². The monoisotopic (exact) mass is 226 g/mol. The molecule has 0 rings (SSSR count). The van der Waals surface area contributed by atoms with Crippen LogP contribution >= 0.6 is 33.2 Å². The van der Waals surface area contributed by atoms with Crippen molar-refractivity contribution in [3.63, 3.8) is 0 Å². The van der Waals surface area contributed by atoms with Crippen molar-refractivity contribution in [1.82, 2.24) is 0 Å². The van der Waals surface area contributed by atoms with Crippen molar-refractivity contribution in [2.75, 3.05) is 5.88 Å². The lowest BCUT2D eigenvalue weighted by Gasteiger charge is -2.19. The molecule has 0 heterocycles. The second-order valence-corrected chi connectivity index (χ2v) is 6.97. The summed E-state index contributed by atoms with van der Waals surface area (Å²) >= 11 is 5.73. The van der Waals surface area contributed by atoms with Crippen molar-refractivity contribution >= 4 is 33.2 Å². The maximum atomic E-state index is 5.73. The van der Waals surface area contributed by atoms with Crippen LogP contribution in [0.4, 0.5) is 0 Å². The van der Waals surface area contributed by atoms with E-state index in [2.05, 4.69) is 27.7 Å². The third kappa shape index (κ3) is 6.50. The molecule has 0 amide bonds. The van der Waals surface area contributed by atoms with Gasteiger partial charge in [0.05, 0.1) is 0 Å². The van der Waals surface area contributed by atoms with Crippen LogP contribution in [-0.2, 0) is 0 Å². The fourth-order valence-electron chi connectivity index (χ4n) is 0.783. The normalized spacial score (nSPS) is 14.2. The van der Waals surface area contributed by atoms with Crippen molar-refractivity contribution in [2.45, 2.75) is 44.6 Å². The molecule has 0 saturated carbocycles. The molecule has 0 saturated heterocycles. The Morgan fingerprint density at radius 3 is 2.00 bits per heavy atom. The van der Waals surface area contributed by atoms with Crippen LogP contribution in [0.5, 0.6) is 0 Å². The molecular weight excluding hydrogens is 208 g/mol. The Bertz CT molecular complexity index is 105. The van der Waals surface area contributed by atoms with Crippen LogP contribution in [0, 0.1) is 5.92 Å². The molecule has 74 valence electrons. The molecule has 1 atom stereocenters. The molecule has 0 N–H and O–H groups in total. The largest absolute Gasteiger partial charge is 0.127 e. The topological polar surface area (TPSA) is 0 Å². The molecule has 0 aliphatic carbocycles. The number of alkyl halides is 1. The molecule has 0 radical (unpaired) electrons. The fourth-order valence-corrected chi connectivity index (χ4v) is 4.00. The van der Waals surface area contributed by atoms with E-state index in [0.29, 0.717) is 5.25 Å². The zero-order valence-electron chi connectivity index (χ0n) is 8.34. The minimum atomic E-state index is 0.714. The highest BCUT2D eigenvalue weighted by Gasteiger charge is 2.14. The van der Waals surface area contributed by atoms with Gasteiger partial charge in [-0.15, -0.1) is 11.6 Å². The Kier molecular flexibility index (Phi) is 8.01. The van der Waals surface area contributed by atoms with Gasteiger partial charge < -0.3 is 0 Å². The van der Waals surface area contributed by atoms with E-state index in [4.69, 9.17) is 11.6 Å². The van der Waals surface area contributed by atoms with E-state index < -0.39 is 0 Å². The smallest absolute Gasteiger partial charge is 0.0234 e. The first-order chi connectivity index (χ1) is 5.57. The van der Waals surface area contributed by atoms with Crippen LogP contribution in [-0.4, -0.2) is 16.4 Å². The highest BCUT2D eigenvalue weighted by atomic mass is 35.5. The lowest BCUT2D eigenvalue weighted by atomic mass is 10.1. The number of halogens is 1. The predicted molar refractivity (Wildman–Crippen MR) is 64.3 cm³/mol. The van der Waals surface area contributed by atoms with Crippen LogP contribution in [0.25, 0.3) is 0 Å². The van der Waals surface area contributed by atoms with Gasteiger partial charge in [-0.2, -0.15) is 0 Å². The van der Waals surface area contributed by atoms with Crippen LogP contribution < -0.4 is 0 Å². The van der Waals surface area contributed by atoms with Crippen molar-refractivity contribution in [1.29, 1.82) is 0 Å². The minimum Gasteiger partial charge on any atom is -0.127 e. The quantitative estimate of drug-likeness (QED) is 0.486. The van der Waals surface area contributed by atoms with Gasteiger partial charge in [-0.25, -0.2) is 0 Å². The summed E-state index contributed by atoms with van der Waals surface area (Å²) in [4.78, 5) is 0. The molecule has 0 spiro atoms. The molecule has 0 aromatic carbocycles. The molecule has 0 aliphatic rings. The van der Waals surface area contributed by atoms with Gasteiger partial charge in [0.2, 0.25) is 0 Å². The maximum Gasteiger partial charge on any atom is 0.0234 e. The first-order valence-electron chi connectivity index (χ1n) is 4.46. The molecule has 3 heteroatoms. The second kappa shape index (κ2) is 7.40. The summed E-state index contributed by atoms with van der Waals surface area (Å²) in [5.74, 6) is 1.52. The van der Waals surface area contributed by atoms with Gasteiger partial charge in [0.25, 0.3) is 0 Å². The first-order valence-corrected chi connectivity index (χ1v) is 7.27. The van der Waals surface area contributed by atoms with Crippen LogP contribution in [0.3, 0.4) is 0 Å². The lowest BCUT2D eigenvalue weighted by Crippen LogP contribution is -2.11. The predicted octanol–water partition coefficient (Wildman–Crippen LogP) is 4.43. The van der Waals surface area contributed by atoms with Crippen LogP contribution in [0.15, 0.2) is 0 Å². The van der Waals surface area contributed by atoms with Gasteiger partial charge >= 0.3 is 0 Å². The molecule has 0 aromatic heterocycles. The molecule has 12 heavy (non-hydrogen) atoms. The Balaban J connectivity index is 3.63. The third-order valence-electron chi connectivity index (χ3n) is 1.51. The average Bonchev–Trinajstić information content (AvgIpc) is 1.96. The van der Waals surface area contributed by atoms with Gasteiger partial charge in [-0.3, -0.25) is 0 Å². The SMILES string of the molecule is CC(C)SS[C@H](CCCl)C(C)C. The Labute approximate surface area is 89.6 Å². The third-order valence-corrected chi connectivity index (χ3v) is 5.48. The summed E-state index contributed by atoms with van der Waals surface area (Å²) in [5.41, 5.74) is 0. The summed E-state index contributed by atoms with van der Waals surface area (Å²) < 4.78 is 0. The molecule has 0 bridgehead atoms. The highest BCUT2D eigenvalue weighted by Crippen LogP contribution is 2.36. The van der Waals surface area contributed by atoms with Crippen molar-refractivity contribution in [2.24, 2.45) is 5.92 Å². The zero-order valence-corrected chi connectivity index (χ0v) is 10.7. The van der Waals surface area contributed by atoms with E-state index in [0.717, 1.165) is 23.5 Å². The van der Waals surface area contributed by atoms with Crippen molar-refractivity contribution in [3.8, 4) is 0 Å². The lowest BCUT2D eigenvalue weighted by molar-refractivity contribution is 0.598. The van der Waals surface area contributed by atoms with Gasteiger partial charge in [-0.05, 0) is 12.3 Å². The van der Waals surface area contributed by atoms with E-state index in [9.17, 15) is 0 Å². The van der Waals surface area contributed by atoms with Gasteiger partial charge in [-0.1, -0.05) is 49.3 Å². The van der Waals surface area contributed by atoms with Crippen molar-refractivity contribution < 1.29 is 0 Å². The standard InChI is InChI=1S/C9H19ClS2/c1-7(2)9(5-6-10)12-11-8(3)4/h7-9H,5-6H2,1-4H3/t9-/m1/s1. The Morgan fingerprint density at radius 1 is 1.08 bits per heavy atom. The second-order valence-electron chi connectivity index (χ2n) is 3.50. The summed E-state index contributed by atoms with van der Waals surface area (Å²) in [6.07, 6.45) is 1.13. The highest BCUT2D eigenvalue weighted by molar-refractivity contribution is 8.77. The Morgan fingerprint density at radius 2 is 1.67 bits per heavy atom. The molecule has 0 aromatic rings. The van der Waals surface area contributed by atoms with Crippen molar-refractivity contribution in [3.05, 3.63) is 0 Å². The fraction of sp³-hybridized carbons (Fsp3) is 1.00. The number of hydrogen-bond donors (Lipinski definition) is 0. The van der Waals surface area contributed by atoms with E-state index in [1.807, 2.05) is 21.6 Å². The van der Waals surface area contributed by atoms with E-state index >= 15 is 0 Å². The summed E-state index contributed by atoms with van der Waals surface area (Å²) in [6, 6.07) is 0. The molecule has 0 unspecified atom stereocenters. The molecule has 0 aliphatic heterocycles. The average molecular weight is 227 g/mol.